The van der Waals surface area contributed by atoms with Gasteiger partial charge in [0.1, 0.15) is 0 Å². The minimum absolute atomic E-state index is 0. The van der Waals surface area contributed by atoms with Gasteiger partial charge in [0.25, 0.3) is 0 Å². The molecule has 0 saturated heterocycles. The topological polar surface area (TPSA) is 46.3 Å². The molecule has 0 aromatic rings. The molecule has 0 bridgehead atoms. The Bertz CT molecular complexity index is 263. The third kappa shape index (κ3) is 7.49. The van der Waals surface area contributed by atoms with E-state index < -0.39 is 0 Å². The fourth-order valence-corrected chi connectivity index (χ4v) is 2.77. The molecule has 1 aliphatic rings. The van der Waals surface area contributed by atoms with Crippen molar-refractivity contribution < 1.29 is 4.79 Å². The maximum atomic E-state index is 12.2. The molecule has 20 heavy (non-hydrogen) atoms. The monoisotopic (exact) mass is 304 g/mol. The molecular formula is C16H33ClN2O. The normalized spacial score (nSPS) is 18.2. The van der Waals surface area contributed by atoms with Crippen LogP contribution >= 0.6 is 12.4 Å². The van der Waals surface area contributed by atoms with Crippen LogP contribution in [0.1, 0.15) is 65.2 Å². The number of nitrogens with zero attached hydrogens (tertiary/aromatic N) is 1. The zero-order chi connectivity index (χ0) is 14.3. The highest BCUT2D eigenvalue weighted by atomic mass is 35.5. The highest BCUT2D eigenvalue weighted by molar-refractivity contribution is 5.85. The van der Waals surface area contributed by atoms with E-state index in [0.29, 0.717) is 17.7 Å². The molecule has 0 spiro atoms. The van der Waals surface area contributed by atoms with Crippen molar-refractivity contribution in [1.82, 2.24) is 4.90 Å². The molecule has 1 atom stereocenters. The van der Waals surface area contributed by atoms with Crippen LogP contribution in [0, 0.1) is 11.8 Å². The van der Waals surface area contributed by atoms with Gasteiger partial charge in [0.05, 0.1) is 0 Å². The zero-order valence-electron chi connectivity index (χ0n) is 13.4. The second-order valence-corrected chi connectivity index (χ2v) is 6.57. The Labute approximate surface area is 131 Å². The van der Waals surface area contributed by atoms with Crippen LogP contribution in [0.5, 0.6) is 0 Å². The summed E-state index contributed by atoms with van der Waals surface area (Å²) in [5.74, 6) is 1.42. The molecule has 1 aliphatic carbocycles. The fourth-order valence-electron chi connectivity index (χ4n) is 2.77. The lowest BCUT2D eigenvalue weighted by Gasteiger charge is -2.23. The molecule has 1 saturated carbocycles. The average molecular weight is 305 g/mol. The molecule has 0 radical (unpaired) electrons. The van der Waals surface area contributed by atoms with Gasteiger partial charge in [-0.2, -0.15) is 0 Å². The van der Waals surface area contributed by atoms with Crippen molar-refractivity contribution >= 4 is 18.3 Å². The second kappa shape index (κ2) is 10.4. The molecule has 0 heterocycles. The summed E-state index contributed by atoms with van der Waals surface area (Å²) in [7, 11) is 1.92. The summed E-state index contributed by atoms with van der Waals surface area (Å²) in [6.07, 6.45) is 9.45. The molecule has 1 unspecified atom stereocenters. The predicted octanol–water partition coefficient (Wildman–Crippen LogP) is 3.60. The van der Waals surface area contributed by atoms with E-state index in [1.165, 1.54) is 38.5 Å². The summed E-state index contributed by atoms with van der Waals surface area (Å²) in [5, 5.41) is 0. The Morgan fingerprint density at radius 1 is 1.20 bits per heavy atom. The SMILES string of the molecule is CC(C)C(N)CCN(C)C(=O)CC1CCCCCC1.Cl. The molecule has 1 rings (SSSR count). The first-order valence-electron chi connectivity index (χ1n) is 8.00. The molecule has 4 heteroatoms. The molecule has 0 aromatic heterocycles. The number of rotatable bonds is 6. The van der Waals surface area contributed by atoms with Gasteiger partial charge in [-0.25, -0.2) is 0 Å². The van der Waals surface area contributed by atoms with Crippen LogP contribution in [0.25, 0.3) is 0 Å². The van der Waals surface area contributed by atoms with Crippen LogP contribution < -0.4 is 5.73 Å². The van der Waals surface area contributed by atoms with Gasteiger partial charge in [-0.05, 0) is 31.1 Å². The minimum atomic E-state index is 0. The van der Waals surface area contributed by atoms with Crippen LogP contribution in [0.15, 0.2) is 0 Å². The van der Waals surface area contributed by atoms with Crippen LogP contribution in [0.2, 0.25) is 0 Å². The van der Waals surface area contributed by atoms with E-state index in [-0.39, 0.29) is 18.4 Å². The van der Waals surface area contributed by atoms with E-state index in [1.54, 1.807) is 0 Å². The number of halogens is 1. The third-order valence-electron chi connectivity index (χ3n) is 4.52. The summed E-state index contributed by atoms with van der Waals surface area (Å²) >= 11 is 0. The smallest absolute Gasteiger partial charge is 0.222 e. The standard InChI is InChI=1S/C16H32N2O.ClH/c1-13(2)15(17)10-11-18(3)16(19)12-14-8-6-4-5-7-9-14;/h13-15H,4-12,17H2,1-3H3;1H. The number of amides is 1. The largest absolute Gasteiger partial charge is 0.346 e. The Morgan fingerprint density at radius 2 is 1.75 bits per heavy atom. The molecule has 1 fully saturated rings. The summed E-state index contributed by atoms with van der Waals surface area (Å²) < 4.78 is 0. The van der Waals surface area contributed by atoms with Gasteiger partial charge in [0.2, 0.25) is 5.91 Å². The van der Waals surface area contributed by atoms with E-state index in [0.717, 1.165) is 19.4 Å². The lowest BCUT2D eigenvalue weighted by atomic mass is 9.96. The first kappa shape index (κ1) is 19.7. The number of hydrogen-bond donors (Lipinski definition) is 1. The van der Waals surface area contributed by atoms with Crippen LogP contribution in [0.4, 0.5) is 0 Å². The molecule has 3 nitrogen and oxygen atoms in total. The van der Waals surface area contributed by atoms with E-state index in [2.05, 4.69) is 13.8 Å². The van der Waals surface area contributed by atoms with Crippen molar-refractivity contribution in [3.05, 3.63) is 0 Å². The minimum Gasteiger partial charge on any atom is -0.346 e. The number of hydrogen-bond acceptors (Lipinski definition) is 2. The van der Waals surface area contributed by atoms with Gasteiger partial charge in [-0.1, -0.05) is 39.5 Å². The summed E-state index contributed by atoms with van der Waals surface area (Å²) in [4.78, 5) is 14.1. The predicted molar refractivity (Wildman–Crippen MR) is 88.1 cm³/mol. The molecule has 120 valence electrons. The van der Waals surface area contributed by atoms with E-state index in [1.807, 2.05) is 11.9 Å². The lowest BCUT2D eigenvalue weighted by molar-refractivity contribution is -0.131. The fraction of sp³-hybridized carbons (Fsp3) is 0.938. The quantitative estimate of drug-likeness (QED) is 0.762. The van der Waals surface area contributed by atoms with Crippen LogP contribution in [0.3, 0.4) is 0 Å². The molecule has 0 aromatic carbocycles. The zero-order valence-corrected chi connectivity index (χ0v) is 14.3. The number of carbonyl (C=O) groups excluding carboxylic acids is 1. The maximum Gasteiger partial charge on any atom is 0.222 e. The number of carbonyl (C=O) groups is 1. The van der Waals surface area contributed by atoms with Crippen molar-refractivity contribution in [3.63, 3.8) is 0 Å². The van der Waals surface area contributed by atoms with E-state index in [4.69, 9.17) is 5.73 Å². The van der Waals surface area contributed by atoms with Gasteiger partial charge in [0, 0.05) is 26.1 Å². The maximum absolute atomic E-state index is 12.2. The van der Waals surface area contributed by atoms with Crippen LogP contribution in [-0.2, 0) is 4.79 Å². The van der Waals surface area contributed by atoms with Gasteiger partial charge < -0.3 is 10.6 Å². The molecule has 1 amide bonds. The van der Waals surface area contributed by atoms with E-state index in [9.17, 15) is 4.79 Å². The Balaban J connectivity index is 0.00000361. The first-order chi connectivity index (χ1) is 9.00. The highest BCUT2D eigenvalue weighted by Gasteiger charge is 2.19. The number of nitrogens with two attached hydrogens (primary N) is 1. The van der Waals surface area contributed by atoms with Gasteiger partial charge in [0.15, 0.2) is 0 Å². The molecule has 2 N–H and O–H groups in total. The highest BCUT2D eigenvalue weighted by Crippen LogP contribution is 2.25. The van der Waals surface area contributed by atoms with Crippen molar-refractivity contribution in [2.75, 3.05) is 13.6 Å². The van der Waals surface area contributed by atoms with Gasteiger partial charge in [-0.15, -0.1) is 12.4 Å². The van der Waals surface area contributed by atoms with Gasteiger partial charge in [-0.3, -0.25) is 4.79 Å². The average Bonchev–Trinajstić information content (AvgIpc) is 2.63. The molecular weight excluding hydrogens is 272 g/mol. The molecule has 0 aliphatic heterocycles. The van der Waals surface area contributed by atoms with Crippen LogP contribution in [-0.4, -0.2) is 30.4 Å². The Hall–Kier alpha value is -0.280. The van der Waals surface area contributed by atoms with Crippen molar-refractivity contribution in [2.45, 2.75) is 71.3 Å². The Kier molecular flexibility index (Phi) is 10.3. The second-order valence-electron chi connectivity index (χ2n) is 6.57. The van der Waals surface area contributed by atoms with Crippen molar-refractivity contribution in [3.8, 4) is 0 Å². The van der Waals surface area contributed by atoms with Crippen molar-refractivity contribution in [1.29, 1.82) is 0 Å². The Morgan fingerprint density at radius 3 is 2.25 bits per heavy atom. The van der Waals surface area contributed by atoms with E-state index >= 15 is 0 Å². The lowest BCUT2D eigenvalue weighted by Crippen LogP contribution is -2.35. The van der Waals surface area contributed by atoms with Gasteiger partial charge >= 0.3 is 0 Å². The third-order valence-corrected chi connectivity index (χ3v) is 4.52. The summed E-state index contributed by atoms with van der Waals surface area (Å²) in [6.45, 7) is 5.07. The van der Waals surface area contributed by atoms with Crippen molar-refractivity contribution in [2.24, 2.45) is 17.6 Å². The summed E-state index contributed by atoms with van der Waals surface area (Å²) in [5.41, 5.74) is 6.03. The first-order valence-corrected chi connectivity index (χ1v) is 8.00. The summed E-state index contributed by atoms with van der Waals surface area (Å²) in [6, 6.07) is 0.202.